The van der Waals surface area contributed by atoms with Gasteiger partial charge < -0.3 is 0 Å². The lowest BCUT2D eigenvalue weighted by Crippen LogP contribution is -2.45. The summed E-state index contributed by atoms with van der Waals surface area (Å²) in [6.45, 7) is 0. The van der Waals surface area contributed by atoms with E-state index in [1.807, 2.05) is 0 Å². The maximum Gasteiger partial charge on any atom is 0.149 e. The van der Waals surface area contributed by atoms with Crippen molar-refractivity contribution in [2.75, 3.05) is 0 Å². The monoisotopic (exact) mass is 308 g/mol. The van der Waals surface area contributed by atoms with Crippen LogP contribution in [0.2, 0.25) is 0 Å². The van der Waals surface area contributed by atoms with Crippen LogP contribution in [0.1, 0.15) is 19.3 Å². The summed E-state index contributed by atoms with van der Waals surface area (Å²) in [5.74, 6) is 0.775. The second-order valence-electron chi connectivity index (χ2n) is 3.84. The van der Waals surface area contributed by atoms with Crippen LogP contribution in [-0.2, 0) is 9.59 Å². The van der Waals surface area contributed by atoms with Crippen LogP contribution < -0.4 is 0 Å². The Hall–Kier alpha value is 0.300. The molecule has 2 fully saturated rings. The number of fused-ring (bicyclic) bond motifs is 2. The third-order valence-corrected chi connectivity index (χ3v) is 4.62. The highest BCUT2D eigenvalue weighted by molar-refractivity contribution is 9.10. The van der Waals surface area contributed by atoms with Gasteiger partial charge in [0.05, 0.1) is 9.65 Å². The summed E-state index contributed by atoms with van der Waals surface area (Å²) in [4.78, 5) is 23.1. The molecule has 0 aromatic carbocycles. The number of alkyl halides is 2. The molecule has 13 heavy (non-hydrogen) atoms. The molecule has 4 heteroatoms. The van der Waals surface area contributed by atoms with Crippen molar-refractivity contribution in [3.8, 4) is 0 Å². The number of ketones is 2. The Morgan fingerprint density at radius 3 is 1.62 bits per heavy atom. The van der Waals surface area contributed by atoms with E-state index in [1.54, 1.807) is 0 Å². The van der Waals surface area contributed by atoms with Crippen LogP contribution in [-0.4, -0.2) is 21.2 Å². The summed E-state index contributed by atoms with van der Waals surface area (Å²) in [7, 11) is 0. The lowest BCUT2D eigenvalue weighted by Gasteiger charge is -2.36. The predicted octanol–water partition coefficient (Wildman–Crippen LogP) is 2.08. The van der Waals surface area contributed by atoms with Gasteiger partial charge >= 0.3 is 0 Å². The lowest BCUT2D eigenvalue weighted by atomic mass is 9.71. The van der Waals surface area contributed by atoms with Crippen LogP contribution in [0.15, 0.2) is 0 Å². The van der Waals surface area contributed by atoms with E-state index in [0.29, 0.717) is 12.8 Å². The fourth-order valence-corrected chi connectivity index (χ4v) is 3.89. The van der Waals surface area contributed by atoms with E-state index >= 15 is 0 Å². The van der Waals surface area contributed by atoms with Crippen molar-refractivity contribution < 1.29 is 9.59 Å². The Balaban J connectivity index is 2.21. The van der Waals surface area contributed by atoms with Crippen LogP contribution >= 0.6 is 31.9 Å². The van der Waals surface area contributed by atoms with E-state index in [9.17, 15) is 9.59 Å². The summed E-state index contributed by atoms with van der Waals surface area (Å²) in [6.07, 6.45) is 2.16. The van der Waals surface area contributed by atoms with Crippen LogP contribution in [0.5, 0.6) is 0 Å². The summed E-state index contributed by atoms with van der Waals surface area (Å²) in [5, 5.41) is 0. The van der Waals surface area contributed by atoms with Crippen LogP contribution in [0.4, 0.5) is 0 Å². The zero-order valence-corrected chi connectivity index (χ0v) is 10.2. The molecule has 4 atom stereocenters. The van der Waals surface area contributed by atoms with Gasteiger partial charge in [0.2, 0.25) is 0 Å². The first-order valence-electron chi connectivity index (χ1n) is 4.45. The fraction of sp³-hybridized carbons (Fsp3) is 0.778. The highest BCUT2D eigenvalue weighted by Crippen LogP contribution is 2.40. The Morgan fingerprint density at radius 1 is 0.846 bits per heavy atom. The largest absolute Gasteiger partial charge is 0.298 e. The van der Waals surface area contributed by atoms with Gasteiger partial charge in [0.15, 0.2) is 0 Å². The number of rotatable bonds is 0. The molecule has 0 unspecified atom stereocenters. The third-order valence-electron chi connectivity index (χ3n) is 2.97. The molecule has 0 radical (unpaired) electrons. The lowest BCUT2D eigenvalue weighted by molar-refractivity contribution is -0.133. The van der Waals surface area contributed by atoms with Gasteiger partial charge in [-0.1, -0.05) is 31.9 Å². The first-order chi connectivity index (χ1) is 6.09. The van der Waals surface area contributed by atoms with Crippen molar-refractivity contribution in [1.29, 1.82) is 0 Å². The van der Waals surface area contributed by atoms with Crippen molar-refractivity contribution >= 4 is 43.4 Å². The van der Waals surface area contributed by atoms with E-state index in [1.165, 1.54) is 0 Å². The van der Waals surface area contributed by atoms with Crippen molar-refractivity contribution in [3.05, 3.63) is 0 Å². The van der Waals surface area contributed by atoms with Crippen LogP contribution in [0, 0.1) is 11.8 Å². The number of halogens is 2. The van der Waals surface area contributed by atoms with Gasteiger partial charge in [0, 0.05) is 11.8 Å². The highest BCUT2D eigenvalue weighted by Gasteiger charge is 2.44. The molecule has 0 heterocycles. The first-order valence-corrected chi connectivity index (χ1v) is 6.28. The number of Topliss-reactive ketones (excluding diaryl/α,β-unsaturated/α-hetero) is 2. The minimum Gasteiger partial charge on any atom is -0.298 e. The Kier molecular flexibility index (Phi) is 2.62. The maximum atomic E-state index is 11.6. The summed E-state index contributed by atoms with van der Waals surface area (Å²) in [5.41, 5.74) is 0. The summed E-state index contributed by atoms with van der Waals surface area (Å²) < 4.78 is 0. The van der Waals surface area contributed by atoms with Crippen LogP contribution in [0.3, 0.4) is 0 Å². The molecule has 0 aliphatic heterocycles. The standard InChI is InChI=1S/C9H10Br2O2/c10-6-2-4-1-5(9(6)13)3-7(11)8(4)12/h4-7H,1-3H2/t4-,5+,6-,7-/m0/s1. The maximum absolute atomic E-state index is 11.6. The summed E-state index contributed by atoms with van der Waals surface area (Å²) >= 11 is 6.68. The SMILES string of the molecule is O=C1[C@@H]2C[C@@H](C[C@@H]1Br)C(=O)[C@@H](Br)C2. The van der Waals surface area contributed by atoms with E-state index in [0.717, 1.165) is 6.42 Å². The highest BCUT2D eigenvalue weighted by atomic mass is 79.9. The van der Waals surface area contributed by atoms with Gasteiger partial charge in [-0.2, -0.15) is 0 Å². The minimum absolute atomic E-state index is 0.0831. The molecular formula is C9H10Br2O2. The molecule has 2 aliphatic carbocycles. The average molecular weight is 310 g/mol. The van der Waals surface area contributed by atoms with Crippen molar-refractivity contribution in [2.24, 2.45) is 11.8 Å². The zero-order valence-electron chi connectivity index (χ0n) is 7.00. The van der Waals surface area contributed by atoms with Crippen molar-refractivity contribution in [3.63, 3.8) is 0 Å². The minimum atomic E-state index is -0.0831. The Morgan fingerprint density at radius 2 is 1.23 bits per heavy atom. The molecule has 0 saturated heterocycles. The molecule has 2 saturated carbocycles. The number of carbonyl (C=O) groups excluding carboxylic acids is 2. The van der Waals surface area contributed by atoms with Crippen molar-refractivity contribution in [2.45, 2.75) is 28.9 Å². The van der Waals surface area contributed by atoms with E-state index in [2.05, 4.69) is 31.9 Å². The number of hydrogen-bond donors (Lipinski definition) is 0. The molecule has 2 aliphatic rings. The van der Waals surface area contributed by atoms with Crippen molar-refractivity contribution in [1.82, 2.24) is 0 Å². The predicted molar refractivity (Wildman–Crippen MR) is 56.3 cm³/mol. The molecule has 2 rings (SSSR count). The van der Waals surface area contributed by atoms with Crippen LogP contribution in [0.25, 0.3) is 0 Å². The van der Waals surface area contributed by atoms with E-state index in [-0.39, 0.29) is 33.1 Å². The van der Waals surface area contributed by atoms with Gasteiger partial charge in [-0.3, -0.25) is 9.59 Å². The molecular weight excluding hydrogens is 300 g/mol. The topological polar surface area (TPSA) is 34.1 Å². The quantitative estimate of drug-likeness (QED) is 0.642. The second-order valence-corrected chi connectivity index (χ2v) is 6.05. The summed E-state index contributed by atoms with van der Waals surface area (Å²) in [6, 6.07) is 0. The Bertz CT molecular complexity index is 234. The molecule has 2 bridgehead atoms. The van der Waals surface area contributed by atoms with Gasteiger partial charge in [0.1, 0.15) is 11.6 Å². The first kappa shape index (κ1) is 9.84. The normalized spacial score (nSPS) is 45.1. The molecule has 2 nitrogen and oxygen atoms in total. The molecule has 0 N–H and O–H groups in total. The number of hydrogen-bond acceptors (Lipinski definition) is 2. The van der Waals surface area contributed by atoms with Gasteiger partial charge in [-0.05, 0) is 19.3 Å². The van der Waals surface area contributed by atoms with E-state index < -0.39 is 0 Å². The molecule has 0 aromatic rings. The molecule has 72 valence electrons. The Labute approximate surface area is 93.7 Å². The zero-order chi connectivity index (χ0) is 9.59. The molecule has 0 aromatic heterocycles. The van der Waals surface area contributed by atoms with Gasteiger partial charge in [0.25, 0.3) is 0 Å². The number of carbonyl (C=O) groups is 2. The van der Waals surface area contributed by atoms with Gasteiger partial charge in [-0.15, -0.1) is 0 Å². The fourth-order valence-electron chi connectivity index (χ4n) is 2.24. The average Bonchev–Trinajstić information content (AvgIpc) is 2.09. The molecule has 0 amide bonds. The third kappa shape index (κ3) is 1.63. The molecule has 0 spiro atoms. The second kappa shape index (κ2) is 3.46. The van der Waals surface area contributed by atoms with Gasteiger partial charge in [-0.25, -0.2) is 0 Å². The van der Waals surface area contributed by atoms with E-state index in [4.69, 9.17) is 0 Å². The smallest absolute Gasteiger partial charge is 0.149 e.